The van der Waals surface area contributed by atoms with E-state index in [1.165, 1.54) is 13.2 Å². The van der Waals surface area contributed by atoms with Gasteiger partial charge in [0.1, 0.15) is 0 Å². The van der Waals surface area contributed by atoms with Gasteiger partial charge in [-0.25, -0.2) is 0 Å². The van der Waals surface area contributed by atoms with Crippen LogP contribution in [0.25, 0.3) is 0 Å². The Morgan fingerprint density at radius 1 is 1.24 bits per heavy atom. The van der Waals surface area contributed by atoms with Gasteiger partial charge in [-0.05, 0) is 29.3 Å². The Morgan fingerprint density at radius 3 is 2.57 bits per heavy atom. The van der Waals surface area contributed by atoms with Crippen molar-refractivity contribution >= 4 is 5.91 Å². The number of hydrogen-bond donors (Lipinski definition) is 3. The molecule has 1 amide bonds. The highest BCUT2D eigenvalue weighted by molar-refractivity contribution is 5.94. The number of ether oxygens (including phenoxy) is 1. The van der Waals surface area contributed by atoms with E-state index in [4.69, 9.17) is 10.5 Å². The summed E-state index contributed by atoms with van der Waals surface area (Å²) < 4.78 is 4.94. The average Bonchev–Trinajstić information content (AvgIpc) is 2.52. The highest BCUT2D eigenvalue weighted by atomic mass is 16.5. The van der Waals surface area contributed by atoms with Gasteiger partial charge in [0.15, 0.2) is 11.5 Å². The summed E-state index contributed by atoms with van der Waals surface area (Å²) in [4.78, 5) is 12.1. The standard InChI is InChI=1S/C16H18N2O3/c1-21-15-7-6-11(8-14(15)19)16(20)18-10-13-5-3-2-4-12(13)9-17/h2-8,19H,9-10,17H2,1H3,(H,18,20). The first-order chi connectivity index (χ1) is 10.2. The minimum atomic E-state index is -0.264. The van der Waals surface area contributed by atoms with Crippen molar-refractivity contribution in [2.45, 2.75) is 13.1 Å². The fourth-order valence-corrected chi connectivity index (χ4v) is 2.04. The number of phenolic OH excluding ortho intramolecular Hbond substituents is 1. The number of nitrogens with two attached hydrogens (primary N) is 1. The Kier molecular flexibility index (Phi) is 4.79. The predicted molar refractivity (Wildman–Crippen MR) is 80.2 cm³/mol. The summed E-state index contributed by atoms with van der Waals surface area (Å²) in [6, 6.07) is 12.2. The van der Waals surface area contributed by atoms with Crippen LogP contribution in [0.1, 0.15) is 21.5 Å². The number of benzene rings is 2. The normalized spacial score (nSPS) is 10.2. The molecule has 0 atom stereocenters. The first kappa shape index (κ1) is 14.9. The molecule has 0 aliphatic heterocycles. The molecule has 0 aromatic heterocycles. The van der Waals surface area contributed by atoms with Crippen molar-refractivity contribution in [1.29, 1.82) is 0 Å². The van der Waals surface area contributed by atoms with Crippen LogP contribution < -0.4 is 15.8 Å². The second kappa shape index (κ2) is 6.76. The lowest BCUT2D eigenvalue weighted by Gasteiger charge is -2.10. The molecule has 4 N–H and O–H groups in total. The number of nitrogens with one attached hydrogen (secondary N) is 1. The number of amides is 1. The van der Waals surface area contributed by atoms with Crippen molar-refractivity contribution in [1.82, 2.24) is 5.32 Å². The first-order valence-corrected chi connectivity index (χ1v) is 6.57. The van der Waals surface area contributed by atoms with E-state index in [9.17, 15) is 9.90 Å². The Balaban J connectivity index is 2.06. The lowest BCUT2D eigenvalue weighted by molar-refractivity contribution is 0.0950. The van der Waals surface area contributed by atoms with E-state index >= 15 is 0 Å². The van der Waals surface area contributed by atoms with Crippen LogP contribution in [0.5, 0.6) is 11.5 Å². The Morgan fingerprint density at radius 2 is 1.95 bits per heavy atom. The zero-order valence-corrected chi connectivity index (χ0v) is 11.8. The maximum absolute atomic E-state index is 12.1. The maximum atomic E-state index is 12.1. The van der Waals surface area contributed by atoms with Gasteiger partial charge >= 0.3 is 0 Å². The molecule has 5 heteroatoms. The summed E-state index contributed by atoms with van der Waals surface area (Å²) in [5.41, 5.74) is 8.01. The van der Waals surface area contributed by atoms with Crippen molar-refractivity contribution in [2.75, 3.05) is 7.11 Å². The van der Waals surface area contributed by atoms with Crippen LogP contribution in [0.4, 0.5) is 0 Å². The maximum Gasteiger partial charge on any atom is 0.251 e. The fourth-order valence-electron chi connectivity index (χ4n) is 2.04. The van der Waals surface area contributed by atoms with E-state index in [0.717, 1.165) is 11.1 Å². The molecule has 0 unspecified atom stereocenters. The number of carbonyl (C=O) groups excluding carboxylic acids is 1. The largest absolute Gasteiger partial charge is 0.504 e. The smallest absolute Gasteiger partial charge is 0.251 e. The van der Waals surface area contributed by atoms with Gasteiger partial charge in [0.25, 0.3) is 5.91 Å². The first-order valence-electron chi connectivity index (χ1n) is 6.57. The second-order valence-electron chi connectivity index (χ2n) is 4.54. The quantitative estimate of drug-likeness (QED) is 0.782. The summed E-state index contributed by atoms with van der Waals surface area (Å²) in [6.45, 7) is 0.814. The number of hydrogen-bond acceptors (Lipinski definition) is 4. The predicted octanol–water partition coefficient (Wildman–Crippen LogP) is 1.79. The molecule has 0 saturated carbocycles. The molecule has 2 aromatic rings. The van der Waals surface area contributed by atoms with Crippen molar-refractivity contribution in [3.8, 4) is 11.5 Å². The van der Waals surface area contributed by atoms with Crippen LogP contribution in [0.3, 0.4) is 0 Å². The van der Waals surface area contributed by atoms with Crippen LogP contribution >= 0.6 is 0 Å². The van der Waals surface area contributed by atoms with Crippen molar-refractivity contribution in [3.63, 3.8) is 0 Å². The zero-order valence-electron chi connectivity index (χ0n) is 11.8. The highest BCUT2D eigenvalue weighted by Crippen LogP contribution is 2.26. The van der Waals surface area contributed by atoms with Crippen molar-refractivity contribution in [2.24, 2.45) is 5.73 Å². The second-order valence-corrected chi connectivity index (χ2v) is 4.54. The Labute approximate surface area is 123 Å². The van der Waals surface area contributed by atoms with Gasteiger partial charge in [0.05, 0.1) is 7.11 Å². The minimum Gasteiger partial charge on any atom is -0.504 e. The molecule has 0 saturated heterocycles. The topological polar surface area (TPSA) is 84.6 Å². The third kappa shape index (κ3) is 3.52. The summed E-state index contributed by atoms with van der Waals surface area (Å²) in [6.07, 6.45) is 0. The summed E-state index contributed by atoms with van der Waals surface area (Å²) in [7, 11) is 1.46. The van der Waals surface area contributed by atoms with Gasteiger partial charge in [-0.3, -0.25) is 4.79 Å². The molecule has 5 nitrogen and oxygen atoms in total. The third-order valence-corrected chi connectivity index (χ3v) is 3.22. The van der Waals surface area contributed by atoms with Crippen molar-refractivity contribution < 1.29 is 14.6 Å². The molecule has 0 radical (unpaired) electrons. The highest BCUT2D eigenvalue weighted by Gasteiger charge is 2.10. The molecule has 2 aromatic carbocycles. The minimum absolute atomic E-state index is 0.0625. The molecule has 0 bridgehead atoms. The van der Waals surface area contributed by atoms with Crippen LogP contribution in [0.15, 0.2) is 42.5 Å². The van der Waals surface area contributed by atoms with Crippen LogP contribution in [-0.4, -0.2) is 18.1 Å². The molecule has 21 heavy (non-hydrogen) atoms. The fraction of sp³-hybridized carbons (Fsp3) is 0.188. The van der Waals surface area contributed by atoms with Gasteiger partial charge in [-0.2, -0.15) is 0 Å². The summed E-state index contributed by atoms with van der Waals surface area (Å²) in [5, 5.41) is 12.5. The molecule has 110 valence electrons. The molecule has 0 aliphatic carbocycles. The van der Waals surface area contributed by atoms with Crippen LogP contribution in [-0.2, 0) is 13.1 Å². The number of phenols is 1. The molecule has 0 heterocycles. The van der Waals surface area contributed by atoms with E-state index in [-0.39, 0.29) is 11.7 Å². The lowest BCUT2D eigenvalue weighted by atomic mass is 10.1. The third-order valence-electron chi connectivity index (χ3n) is 3.22. The molecule has 2 rings (SSSR count). The average molecular weight is 286 g/mol. The van der Waals surface area contributed by atoms with Gasteiger partial charge < -0.3 is 20.9 Å². The van der Waals surface area contributed by atoms with Gasteiger partial charge in [-0.15, -0.1) is 0 Å². The molecular weight excluding hydrogens is 268 g/mol. The van der Waals surface area contributed by atoms with Gasteiger partial charge in [-0.1, -0.05) is 24.3 Å². The number of carbonyl (C=O) groups is 1. The summed E-state index contributed by atoms with van der Waals surface area (Å²) >= 11 is 0. The zero-order chi connectivity index (χ0) is 15.2. The van der Waals surface area contributed by atoms with E-state index in [1.807, 2.05) is 24.3 Å². The molecule has 0 aliphatic rings. The Bertz CT molecular complexity index is 641. The van der Waals surface area contributed by atoms with Gasteiger partial charge in [0, 0.05) is 18.7 Å². The lowest BCUT2D eigenvalue weighted by Crippen LogP contribution is -2.23. The van der Waals surface area contributed by atoms with E-state index in [1.54, 1.807) is 12.1 Å². The van der Waals surface area contributed by atoms with E-state index in [2.05, 4.69) is 5.32 Å². The van der Waals surface area contributed by atoms with Crippen LogP contribution in [0, 0.1) is 0 Å². The molecule has 0 spiro atoms. The number of aromatic hydroxyl groups is 1. The van der Waals surface area contributed by atoms with Crippen molar-refractivity contribution in [3.05, 3.63) is 59.2 Å². The van der Waals surface area contributed by atoms with Gasteiger partial charge in [0.2, 0.25) is 0 Å². The number of methoxy groups -OCH3 is 1. The SMILES string of the molecule is COc1ccc(C(=O)NCc2ccccc2CN)cc1O. The van der Waals surface area contributed by atoms with Crippen LogP contribution in [0.2, 0.25) is 0 Å². The number of rotatable bonds is 5. The summed E-state index contributed by atoms with van der Waals surface area (Å²) in [5.74, 6) is 0.00677. The molecular formula is C16H18N2O3. The monoisotopic (exact) mass is 286 g/mol. The molecule has 0 fully saturated rings. The van der Waals surface area contributed by atoms with E-state index < -0.39 is 0 Å². The Hall–Kier alpha value is -2.53. The van der Waals surface area contributed by atoms with E-state index in [0.29, 0.717) is 24.4 Å².